The summed E-state index contributed by atoms with van der Waals surface area (Å²) in [5.41, 5.74) is 0.683. The van der Waals surface area contributed by atoms with Crippen LogP contribution in [0.2, 0.25) is 0 Å². The Morgan fingerprint density at radius 1 is 0.880 bits per heavy atom. The van der Waals surface area contributed by atoms with Gasteiger partial charge in [-0.1, -0.05) is 62.4 Å². The van der Waals surface area contributed by atoms with Gasteiger partial charge in [0.1, 0.15) is 18.5 Å². The first-order valence-electron chi connectivity index (χ1n) is 8.94. The third-order valence-corrected chi connectivity index (χ3v) is 5.27. The molecule has 2 aromatic rings. The molecule has 0 aliphatic heterocycles. The van der Waals surface area contributed by atoms with E-state index in [9.17, 15) is 5.11 Å². The van der Waals surface area contributed by atoms with Crippen molar-refractivity contribution in [3.05, 3.63) is 66.2 Å². The first-order chi connectivity index (χ1) is 11.9. The summed E-state index contributed by atoms with van der Waals surface area (Å²) in [6.07, 6.45) is 0.275. The van der Waals surface area contributed by atoms with Crippen LogP contribution in [0.1, 0.15) is 39.7 Å². The molecular formula is C22H30O3. The van der Waals surface area contributed by atoms with Gasteiger partial charge in [0.2, 0.25) is 0 Å². The van der Waals surface area contributed by atoms with Crippen molar-refractivity contribution in [3.8, 4) is 5.75 Å². The molecule has 136 valence electrons. The SMILES string of the molecule is CCC(C)(c1ccccc1)C(C)(C)OCC(O)COc1ccccc1. The Bertz CT molecular complexity index is 624. The summed E-state index contributed by atoms with van der Waals surface area (Å²) >= 11 is 0. The fourth-order valence-corrected chi connectivity index (χ4v) is 3.00. The lowest BCUT2D eigenvalue weighted by molar-refractivity contribution is -0.106. The van der Waals surface area contributed by atoms with Crippen molar-refractivity contribution in [3.63, 3.8) is 0 Å². The van der Waals surface area contributed by atoms with E-state index < -0.39 is 11.7 Å². The molecular weight excluding hydrogens is 312 g/mol. The third kappa shape index (κ3) is 4.83. The molecule has 0 saturated carbocycles. The van der Waals surface area contributed by atoms with Crippen LogP contribution < -0.4 is 4.74 Å². The summed E-state index contributed by atoms with van der Waals surface area (Å²) in [6.45, 7) is 9.03. The van der Waals surface area contributed by atoms with E-state index in [0.717, 1.165) is 12.2 Å². The van der Waals surface area contributed by atoms with E-state index in [-0.39, 0.29) is 18.6 Å². The first-order valence-corrected chi connectivity index (χ1v) is 8.94. The molecule has 0 saturated heterocycles. The maximum atomic E-state index is 10.2. The number of aliphatic hydroxyl groups excluding tert-OH is 1. The zero-order chi connectivity index (χ0) is 18.3. The molecule has 0 bridgehead atoms. The number of ether oxygens (including phenoxy) is 2. The maximum absolute atomic E-state index is 10.2. The van der Waals surface area contributed by atoms with E-state index in [4.69, 9.17) is 9.47 Å². The van der Waals surface area contributed by atoms with Crippen LogP contribution in [-0.2, 0) is 10.2 Å². The Balaban J connectivity index is 1.95. The zero-order valence-corrected chi connectivity index (χ0v) is 15.7. The number of hydrogen-bond acceptors (Lipinski definition) is 3. The molecule has 3 nitrogen and oxygen atoms in total. The minimum absolute atomic E-state index is 0.145. The van der Waals surface area contributed by atoms with E-state index in [0.29, 0.717) is 0 Å². The van der Waals surface area contributed by atoms with E-state index in [1.165, 1.54) is 5.56 Å². The van der Waals surface area contributed by atoms with Gasteiger partial charge in [-0.15, -0.1) is 0 Å². The molecule has 2 unspecified atom stereocenters. The third-order valence-electron chi connectivity index (χ3n) is 5.27. The summed E-state index contributed by atoms with van der Waals surface area (Å²) in [5, 5.41) is 10.2. The van der Waals surface area contributed by atoms with Crippen LogP contribution in [0.25, 0.3) is 0 Å². The lowest BCUT2D eigenvalue weighted by atomic mass is 9.68. The Labute approximate surface area is 151 Å². The number of hydrogen-bond donors (Lipinski definition) is 1. The van der Waals surface area contributed by atoms with Gasteiger partial charge in [0.25, 0.3) is 0 Å². The van der Waals surface area contributed by atoms with Crippen molar-refractivity contribution < 1.29 is 14.6 Å². The molecule has 2 rings (SSSR count). The zero-order valence-electron chi connectivity index (χ0n) is 15.7. The molecule has 0 aromatic heterocycles. The van der Waals surface area contributed by atoms with Crippen LogP contribution in [0.15, 0.2) is 60.7 Å². The average Bonchev–Trinajstić information content (AvgIpc) is 2.65. The lowest BCUT2D eigenvalue weighted by Crippen LogP contribution is -2.48. The fraction of sp³-hybridized carbons (Fsp3) is 0.455. The molecule has 25 heavy (non-hydrogen) atoms. The van der Waals surface area contributed by atoms with E-state index in [1.807, 2.05) is 36.4 Å². The minimum atomic E-state index is -0.670. The Hall–Kier alpha value is -1.84. The van der Waals surface area contributed by atoms with Gasteiger partial charge in [0.05, 0.1) is 12.2 Å². The highest BCUT2D eigenvalue weighted by atomic mass is 16.5. The number of para-hydroxylation sites is 1. The highest BCUT2D eigenvalue weighted by Crippen LogP contribution is 2.40. The molecule has 0 spiro atoms. The largest absolute Gasteiger partial charge is 0.491 e. The van der Waals surface area contributed by atoms with E-state index in [1.54, 1.807) is 0 Å². The first kappa shape index (κ1) is 19.5. The molecule has 3 heteroatoms. The van der Waals surface area contributed by atoms with Crippen LogP contribution in [0.5, 0.6) is 5.75 Å². The number of aliphatic hydroxyl groups is 1. The van der Waals surface area contributed by atoms with Gasteiger partial charge < -0.3 is 14.6 Å². The van der Waals surface area contributed by atoms with Gasteiger partial charge in [-0.25, -0.2) is 0 Å². The minimum Gasteiger partial charge on any atom is -0.491 e. The maximum Gasteiger partial charge on any atom is 0.119 e. The second kappa shape index (κ2) is 8.50. The van der Waals surface area contributed by atoms with Crippen molar-refractivity contribution in [1.82, 2.24) is 0 Å². The predicted molar refractivity (Wildman–Crippen MR) is 102 cm³/mol. The van der Waals surface area contributed by atoms with Crippen LogP contribution in [0.4, 0.5) is 0 Å². The van der Waals surface area contributed by atoms with Crippen molar-refractivity contribution in [2.45, 2.75) is 51.2 Å². The topological polar surface area (TPSA) is 38.7 Å². The molecule has 1 N–H and O–H groups in total. The van der Waals surface area contributed by atoms with Crippen LogP contribution in [0, 0.1) is 0 Å². The van der Waals surface area contributed by atoms with Crippen LogP contribution in [0.3, 0.4) is 0 Å². The molecule has 0 radical (unpaired) electrons. The van der Waals surface area contributed by atoms with Gasteiger partial charge in [-0.05, 0) is 38.0 Å². The normalized spacial score (nSPS) is 15.4. The highest BCUT2D eigenvalue weighted by molar-refractivity contribution is 5.28. The summed E-state index contributed by atoms with van der Waals surface area (Å²) in [5.74, 6) is 0.753. The second-order valence-electron chi connectivity index (χ2n) is 7.15. The highest BCUT2D eigenvalue weighted by Gasteiger charge is 2.42. The molecule has 2 atom stereocenters. The molecule has 0 amide bonds. The van der Waals surface area contributed by atoms with E-state index >= 15 is 0 Å². The standard InChI is InChI=1S/C22H30O3/c1-5-22(4,18-12-8-6-9-13-18)21(2,3)25-17-19(23)16-24-20-14-10-7-11-15-20/h6-15,19,23H,5,16-17H2,1-4H3. The smallest absolute Gasteiger partial charge is 0.119 e. The Morgan fingerprint density at radius 2 is 1.44 bits per heavy atom. The summed E-state index contributed by atoms with van der Waals surface area (Å²) in [4.78, 5) is 0. The van der Waals surface area contributed by atoms with Crippen LogP contribution >= 0.6 is 0 Å². The van der Waals surface area contributed by atoms with Crippen molar-refractivity contribution >= 4 is 0 Å². The fourth-order valence-electron chi connectivity index (χ4n) is 3.00. The van der Waals surface area contributed by atoms with Gasteiger partial charge >= 0.3 is 0 Å². The van der Waals surface area contributed by atoms with Crippen molar-refractivity contribution in [2.24, 2.45) is 0 Å². The summed E-state index contributed by atoms with van der Waals surface area (Å²) in [6, 6.07) is 19.9. The predicted octanol–water partition coefficient (Wildman–Crippen LogP) is 4.59. The van der Waals surface area contributed by atoms with Crippen molar-refractivity contribution in [1.29, 1.82) is 0 Å². The quantitative estimate of drug-likeness (QED) is 0.724. The Kier molecular flexibility index (Phi) is 6.63. The number of rotatable bonds is 9. The van der Waals surface area contributed by atoms with E-state index in [2.05, 4.69) is 52.0 Å². The molecule has 0 aliphatic rings. The van der Waals surface area contributed by atoms with Crippen LogP contribution in [-0.4, -0.2) is 30.0 Å². The summed E-state index contributed by atoms with van der Waals surface area (Å²) in [7, 11) is 0. The molecule has 0 heterocycles. The average molecular weight is 342 g/mol. The van der Waals surface area contributed by atoms with Gasteiger partial charge in [0.15, 0.2) is 0 Å². The molecule has 0 fully saturated rings. The number of benzene rings is 2. The van der Waals surface area contributed by atoms with Gasteiger partial charge in [0, 0.05) is 5.41 Å². The van der Waals surface area contributed by atoms with Crippen molar-refractivity contribution in [2.75, 3.05) is 13.2 Å². The van der Waals surface area contributed by atoms with Gasteiger partial charge in [-0.2, -0.15) is 0 Å². The molecule has 0 aliphatic carbocycles. The van der Waals surface area contributed by atoms with Gasteiger partial charge in [-0.3, -0.25) is 0 Å². The summed E-state index contributed by atoms with van der Waals surface area (Å²) < 4.78 is 11.8. The lowest BCUT2D eigenvalue weighted by Gasteiger charge is -2.44. The second-order valence-corrected chi connectivity index (χ2v) is 7.15. The monoisotopic (exact) mass is 342 g/mol. The Morgan fingerprint density at radius 3 is 2.00 bits per heavy atom. The molecule has 2 aromatic carbocycles.